The average Bonchev–Trinajstić information content (AvgIpc) is 2.83. The Morgan fingerprint density at radius 2 is 1.92 bits per heavy atom. The largest absolute Gasteiger partial charge is 0.336 e. The molecule has 5 heteroatoms. The van der Waals surface area contributed by atoms with Crippen molar-refractivity contribution in [3.8, 4) is 0 Å². The summed E-state index contributed by atoms with van der Waals surface area (Å²) in [5, 5.41) is 0. The van der Waals surface area contributed by atoms with Crippen LogP contribution in [0.15, 0.2) is 18.2 Å². The Bertz CT molecular complexity index is 683. The number of unbranched alkanes of at least 4 members (excludes halogenated alkanes) is 1. The third-order valence-corrected chi connectivity index (χ3v) is 5.02. The molecule has 1 saturated heterocycles. The zero-order chi connectivity index (χ0) is 17.3. The van der Waals surface area contributed by atoms with Crippen LogP contribution in [0.4, 0.5) is 0 Å². The average molecular weight is 328 g/mol. The van der Waals surface area contributed by atoms with Gasteiger partial charge in [0.2, 0.25) is 0 Å². The monoisotopic (exact) mass is 328 g/mol. The first-order chi connectivity index (χ1) is 11.5. The number of carbonyl (C=O) groups is 3. The Balaban J connectivity index is 1.85. The van der Waals surface area contributed by atoms with Crippen molar-refractivity contribution in [2.45, 2.75) is 52.0 Å². The van der Waals surface area contributed by atoms with Crippen molar-refractivity contribution < 1.29 is 14.4 Å². The molecule has 1 atom stereocenters. The number of benzene rings is 1. The fraction of sp³-hybridized carbons (Fsp3) is 0.526. The lowest BCUT2D eigenvalue weighted by molar-refractivity contribution is 0.0632. The highest BCUT2D eigenvalue weighted by molar-refractivity contribution is 6.22. The Labute approximate surface area is 142 Å². The van der Waals surface area contributed by atoms with E-state index in [1.165, 1.54) is 4.90 Å². The molecule has 2 aliphatic heterocycles. The molecule has 0 saturated carbocycles. The molecule has 0 N–H and O–H groups in total. The van der Waals surface area contributed by atoms with Crippen LogP contribution in [0, 0.1) is 0 Å². The summed E-state index contributed by atoms with van der Waals surface area (Å²) >= 11 is 0. The number of amides is 3. The van der Waals surface area contributed by atoms with Crippen molar-refractivity contribution in [2.24, 2.45) is 0 Å². The predicted molar refractivity (Wildman–Crippen MR) is 91.1 cm³/mol. The minimum Gasteiger partial charge on any atom is -0.336 e. The molecule has 2 aliphatic rings. The maximum atomic E-state index is 12.8. The van der Waals surface area contributed by atoms with Gasteiger partial charge in [-0.1, -0.05) is 13.3 Å². The van der Waals surface area contributed by atoms with Crippen LogP contribution in [0.25, 0.3) is 0 Å². The van der Waals surface area contributed by atoms with Crippen LogP contribution in [0.3, 0.4) is 0 Å². The molecule has 0 radical (unpaired) electrons. The number of nitrogens with zero attached hydrogens (tertiary/aromatic N) is 2. The van der Waals surface area contributed by atoms with Gasteiger partial charge in [0.25, 0.3) is 17.7 Å². The van der Waals surface area contributed by atoms with Gasteiger partial charge in [0, 0.05) is 24.7 Å². The smallest absolute Gasteiger partial charge is 0.261 e. The van der Waals surface area contributed by atoms with Crippen molar-refractivity contribution in [2.75, 3.05) is 13.1 Å². The van der Waals surface area contributed by atoms with Crippen molar-refractivity contribution in [1.29, 1.82) is 0 Å². The summed E-state index contributed by atoms with van der Waals surface area (Å²) in [6.45, 7) is 5.28. The summed E-state index contributed by atoms with van der Waals surface area (Å²) in [7, 11) is 0. The highest BCUT2D eigenvalue weighted by Gasteiger charge is 2.36. The van der Waals surface area contributed by atoms with Gasteiger partial charge in [-0.15, -0.1) is 0 Å². The molecule has 2 heterocycles. The molecule has 128 valence electrons. The molecule has 0 aliphatic carbocycles. The SMILES string of the molecule is CCCCN1C(=O)c2ccc(C(=O)N3CCCC[C@@H]3C)cc2C1=O. The highest BCUT2D eigenvalue weighted by Crippen LogP contribution is 2.26. The molecule has 3 amide bonds. The number of hydrogen-bond donors (Lipinski definition) is 0. The minimum absolute atomic E-state index is 0.0442. The second-order valence-electron chi connectivity index (χ2n) is 6.72. The van der Waals surface area contributed by atoms with Crippen LogP contribution in [-0.2, 0) is 0 Å². The molecular weight excluding hydrogens is 304 g/mol. The maximum Gasteiger partial charge on any atom is 0.261 e. The quantitative estimate of drug-likeness (QED) is 0.798. The van der Waals surface area contributed by atoms with Gasteiger partial charge in [0.15, 0.2) is 0 Å². The molecule has 0 bridgehead atoms. The van der Waals surface area contributed by atoms with E-state index in [0.717, 1.165) is 38.6 Å². The first-order valence-corrected chi connectivity index (χ1v) is 8.85. The summed E-state index contributed by atoms with van der Waals surface area (Å²) in [6.07, 6.45) is 4.89. The topological polar surface area (TPSA) is 57.7 Å². The Kier molecular flexibility index (Phi) is 4.69. The summed E-state index contributed by atoms with van der Waals surface area (Å²) in [6, 6.07) is 5.13. The van der Waals surface area contributed by atoms with Crippen LogP contribution in [0.2, 0.25) is 0 Å². The lowest BCUT2D eigenvalue weighted by atomic mass is 10.0. The van der Waals surface area contributed by atoms with Crippen molar-refractivity contribution >= 4 is 17.7 Å². The number of rotatable bonds is 4. The standard InChI is InChI=1S/C19H24N2O3/c1-3-4-10-21-18(23)15-9-8-14(12-16(15)19(21)24)17(22)20-11-6-5-7-13(20)2/h8-9,12-13H,3-7,10-11H2,1-2H3/t13-/m0/s1. The van der Waals surface area contributed by atoms with E-state index >= 15 is 0 Å². The second-order valence-corrected chi connectivity index (χ2v) is 6.72. The van der Waals surface area contributed by atoms with E-state index < -0.39 is 0 Å². The van der Waals surface area contributed by atoms with Crippen LogP contribution in [-0.4, -0.2) is 46.7 Å². The van der Waals surface area contributed by atoms with Crippen molar-refractivity contribution in [3.63, 3.8) is 0 Å². The number of imide groups is 1. The second kappa shape index (κ2) is 6.75. The summed E-state index contributed by atoms with van der Waals surface area (Å²) in [5.74, 6) is -0.559. The first kappa shape index (κ1) is 16.7. The molecule has 5 nitrogen and oxygen atoms in total. The molecule has 0 unspecified atom stereocenters. The van der Waals surface area contributed by atoms with Crippen LogP contribution < -0.4 is 0 Å². The van der Waals surface area contributed by atoms with Gasteiger partial charge >= 0.3 is 0 Å². The van der Waals surface area contributed by atoms with E-state index in [4.69, 9.17) is 0 Å². The molecule has 24 heavy (non-hydrogen) atoms. The molecule has 0 aromatic heterocycles. The fourth-order valence-corrected chi connectivity index (χ4v) is 3.51. The maximum absolute atomic E-state index is 12.8. The zero-order valence-electron chi connectivity index (χ0n) is 14.4. The molecule has 0 spiro atoms. The van der Waals surface area contributed by atoms with Crippen LogP contribution in [0.1, 0.15) is 77.0 Å². The predicted octanol–water partition coefficient (Wildman–Crippen LogP) is 3.10. The zero-order valence-corrected chi connectivity index (χ0v) is 14.4. The van der Waals surface area contributed by atoms with E-state index in [0.29, 0.717) is 23.2 Å². The normalized spacial score (nSPS) is 20.5. The van der Waals surface area contributed by atoms with Gasteiger partial charge in [0.1, 0.15) is 0 Å². The molecule has 1 aromatic rings. The number of piperidine rings is 1. The van der Waals surface area contributed by atoms with Gasteiger partial charge in [0.05, 0.1) is 11.1 Å². The van der Waals surface area contributed by atoms with Gasteiger partial charge in [-0.2, -0.15) is 0 Å². The van der Waals surface area contributed by atoms with E-state index in [1.807, 2.05) is 11.8 Å². The van der Waals surface area contributed by atoms with Crippen LogP contribution >= 0.6 is 0 Å². The van der Waals surface area contributed by atoms with E-state index in [9.17, 15) is 14.4 Å². The lowest BCUT2D eigenvalue weighted by Crippen LogP contribution is -2.42. The first-order valence-electron chi connectivity index (χ1n) is 8.85. The Morgan fingerprint density at radius 1 is 1.17 bits per heavy atom. The van der Waals surface area contributed by atoms with Gasteiger partial charge in [-0.3, -0.25) is 19.3 Å². The number of fused-ring (bicyclic) bond motifs is 1. The molecule has 1 aromatic carbocycles. The third kappa shape index (κ3) is 2.83. The number of carbonyl (C=O) groups excluding carboxylic acids is 3. The van der Waals surface area contributed by atoms with Crippen LogP contribution in [0.5, 0.6) is 0 Å². The lowest BCUT2D eigenvalue weighted by Gasteiger charge is -2.33. The van der Waals surface area contributed by atoms with E-state index in [1.54, 1.807) is 18.2 Å². The summed E-state index contributed by atoms with van der Waals surface area (Å²) < 4.78 is 0. The van der Waals surface area contributed by atoms with E-state index in [-0.39, 0.29) is 23.8 Å². The number of hydrogen-bond acceptors (Lipinski definition) is 3. The van der Waals surface area contributed by atoms with E-state index in [2.05, 4.69) is 6.92 Å². The Hall–Kier alpha value is -2.17. The molecule has 1 fully saturated rings. The summed E-state index contributed by atoms with van der Waals surface area (Å²) in [5.41, 5.74) is 1.28. The Morgan fingerprint density at radius 3 is 2.62 bits per heavy atom. The summed E-state index contributed by atoms with van der Waals surface area (Å²) in [4.78, 5) is 40.8. The van der Waals surface area contributed by atoms with Gasteiger partial charge in [-0.05, 0) is 50.8 Å². The van der Waals surface area contributed by atoms with Gasteiger partial charge in [-0.25, -0.2) is 0 Å². The minimum atomic E-state index is -0.273. The number of likely N-dealkylation sites (tertiary alicyclic amines) is 1. The third-order valence-electron chi connectivity index (χ3n) is 5.02. The molecule has 3 rings (SSSR count). The van der Waals surface area contributed by atoms with Crippen molar-refractivity contribution in [3.05, 3.63) is 34.9 Å². The van der Waals surface area contributed by atoms with Gasteiger partial charge < -0.3 is 4.90 Å². The fourth-order valence-electron chi connectivity index (χ4n) is 3.51. The molecular formula is C19H24N2O3. The highest BCUT2D eigenvalue weighted by atomic mass is 16.2. The van der Waals surface area contributed by atoms with Crippen molar-refractivity contribution in [1.82, 2.24) is 9.80 Å².